The molecule has 0 saturated carbocycles. The van der Waals surface area contributed by atoms with E-state index < -0.39 is 6.04 Å². The molecule has 0 aliphatic carbocycles. The smallest absolute Gasteiger partial charge is 0.251 e. The largest absolute Gasteiger partial charge is 0.494 e. The first-order chi connectivity index (χ1) is 12.9. The molecule has 0 radical (unpaired) electrons. The van der Waals surface area contributed by atoms with Gasteiger partial charge in [-0.05, 0) is 54.8 Å². The van der Waals surface area contributed by atoms with Gasteiger partial charge in [0.1, 0.15) is 11.8 Å². The van der Waals surface area contributed by atoms with Crippen molar-refractivity contribution >= 4 is 23.4 Å². The normalized spacial score (nSPS) is 11.7. The van der Waals surface area contributed by atoms with Crippen LogP contribution in [0.3, 0.4) is 0 Å². The lowest BCUT2D eigenvalue weighted by molar-refractivity contribution is -0.124. The van der Waals surface area contributed by atoms with Crippen LogP contribution in [0.2, 0.25) is 5.02 Å². The zero-order chi connectivity index (χ0) is 19.8. The highest BCUT2D eigenvalue weighted by Crippen LogP contribution is 2.13. The van der Waals surface area contributed by atoms with Gasteiger partial charge in [0.05, 0.1) is 6.61 Å². The van der Waals surface area contributed by atoms with Crippen molar-refractivity contribution in [1.29, 1.82) is 0 Å². The lowest BCUT2D eigenvalue weighted by atomic mass is 10.0. The standard InChI is InChI=1S/C21H25ClN2O3/c1-4-27-18-10-8-16(9-11-18)20(25)24-19(14(2)3)21(26)23-13-15-6-5-7-17(22)12-15/h5-12,14,19H,4,13H2,1-3H3,(H,23,26)(H,24,25). The summed E-state index contributed by atoms with van der Waals surface area (Å²) in [5, 5.41) is 6.29. The number of carbonyl (C=O) groups excluding carboxylic acids is 2. The molecule has 0 heterocycles. The first kappa shape index (κ1) is 20.8. The van der Waals surface area contributed by atoms with Crippen LogP contribution < -0.4 is 15.4 Å². The highest BCUT2D eigenvalue weighted by atomic mass is 35.5. The molecule has 2 amide bonds. The fourth-order valence-electron chi connectivity index (χ4n) is 2.57. The van der Waals surface area contributed by atoms with Crippen LogP contribution in [0.5, 0.6) is 5.75 Å². The molecule has 0 spiro atoms. The molecule has 0 bridgehead atoms. The minimum atomic E-state index is -0.636. The van der Waals surface area contributed by atoms with Crippen molar-refractivity contribution in [3.05, 3.63) is 64.7 Å². The number of amides is 2. The van der Waals surface area contributed by atoms with Crippen molar-refractivity contribution < 1.29 is 14.3 Å². The molecular formula is C21H25ClN2O3. The first-order valence-electron chi connectivity index (χ1n) is 8.96. The fourth-order valence-corrected chi connectivity index (χ4v) is 2.79. The van der Waals surface area contributed by atoms with Gasteiger partial charge in [-0.2, -0.15) is 0 Å². The summed E-state index contributed by atoms with van der Waals surface area (Å²) in [6, 6.07) is 13.5. The Kier molecular flexibility index (Phi) is 7.67. The monoisotopic (exact) mass is 388 g/mol. The van der Waals surface area contributed by atoms with Crippen LogP contribution in [0.25, 0.3) is 0 Å². The van der Waals surface area contributed by atoms with Crippen LogP contribution in [0.15, 0.2) is 48.5 Å². The molecule has 0 saturated heterocycles. The summed E-state index contributed by atoms with van der Waals surface area (Å²) < 4.78 is 5.38. The zero-order valence-corrected chi connectivity index (χ0v) is 16.5. The highest BCUT2D eigenvalue weighted by molar-refractivity contribution is 6.30. The molecule has 2 aromatic carbocycles. The predicted molar refractivity (Wildman–Crippen MR) is 107 cm³/mol. The molecule has 1 unspecified atom stereocenters. The molecule has 2 N–H and O–H groups in total. The number of ether oxygens (including phenoxy) is 1. The van der Waals surface area contributed by atoms with E-state index in [0.29, 0.717) is 29.5 Å². The topological polar surface area (TPSA) is 67.4 Å². The van der Waals surface area contributed by atoms with E-state index >= 15 is 0 Å². The van der Waals surface area contributed by atoms with Crippen LogP contribution in [-0.4, -0.2) is 24.5 Å². The third kappa shape index (κ3) is 6.29. The minimum absolute atomic E-state index is 0.0593. The molecule has 27 heavy (non-hydrogen) atoms. The summed E-state index contributed by atoms with van der Waals surface area (Å²) in [7, 11) is 0. The van der Waals surface area contributed by atoms with Gasteiger partial charge in [0, 0.05) is 17.1 Å². The second kappa shape index (κ2) is 9.97. The van der Waals surface area contributed by atoms with E-state index in [-0.39, 0.29) is 17.7 Å². The third-order valence-electron chi connectivity index (χ3n) is 4.02. The van der Waals surface area contributed by atoms with E-state index in [1.54, 1.807) is 36.4 Å². The Morgan fingerprint density at radius 2 is 1.81 bits per heavy atom. The summed E-state index contributed by atoms with van der Waals surface area (Å²) in [5.74, 6) is 0.114. The van der Waals surface area contributed by atoms with E-state index in [4.69, 9.17) is 16.3 Å². The maximum Gasteiger partial charge on any atom is 0.251 e. The summed E-state index contributed by atoms with van der Waals surface area (Å²) in [5.41, 5.74) is 1.38. The molecular weight excluding hydrogens is 364 g/mol. The molecule has 6 heteroatoms. The van der Waals surface area contributed by atoms with Crippen LogP contribution in [0, 0.1) is 5.92 Å². The highest BCUT2D eigenvalue weighted by Gasteiger charge is 2.24. The molecule has 144 valence electrons. The van der Waals surface area contributed by atoms with Gasteiger partial charge in [0.2, 0.25) is 5.91 Å². The quantitative estimate of drug-likeness (QED) is 0.722. The van der Waals surface area contributed by atoms with E-state index in [1.807, 2.05) is 32.9 Å². The van der Waals surface area contributed by atoms with Gasteiger partial charge in [-0.1, -0.05) is 37.6 Å². The average Bonchev–Trinajstić information content (AvgIpc) is 2.64. The van der Waals surface area contributed by atoms with Crippen molar-refractivity contribution in [2.75, 3.05) is 6.61 Å². The van der Waals surface area contributed by atoms with Gasteiger partial charge in [-0.15, -0.1) is 0 Å². The van der Waals surface area contributed by atoms with Crippen LogP contribution >= 0.6 is 11.6 Å². The van der Waals surface area contributed by atoms with Gasteiger partial charge < -0.3 is 15.4 Å². The summed E-state index contributed by atoms with van der Waals surface area (Å²) in [6.45, 7) is 6.59. The Bertz CT molecular complexity index is 775. The molecule has 1 atom stereocenters. The second-order valence-corrected chi connectivity index (χ2v) is 6.94. The Morgan fingerprint density at radius 3 is 2.41 bits per heavy atom. The maximum absolute atomic E-state index is 12.6. The number of carbonyl (C=O) groups is 2. The summed E-state index contributed by atoms with van der Waals surface area (Å²) >= 11 is 5.96. The Balaban J connectivity index is 1.98. The van der Waals surface area contributed by atoms with E-state index in [9.17, 15) is 9.59 Å². The minimum Gasteiger partial charge on any atom is -0.494 e. The van der Waals surface area contributed by atoms with Gasteiger partial charge >= 0.3 is 0 Å². The van der Waals surface area contributed by atoms with Crippen molar-refractivity contribution in [3.8, 4) is 5.75 Å². The van der Waals surface area contributed by atoms with Gasteiger partial charge in [0.15, 0.2) is 0 Å². The number of rotatable bonds is 8. The predicted octanol–water partition coefficient (Wildman–Crippen LogP) is 3.81. The van der Waals surface area contributed by atoms with Crippen molar-refractivity contribution in [2.45, 2.75) is 33.4 Å². The van der Waals surface area contributed by atoms with Gasteiger partial charge in [0.25, 0.3) is 5.91 Å². The van der Waals surface area contributed by atoms with Crippen molar-refractivity contribution in [2.24, 2.45) is 5.92 Å². The molecule has 2 aromatic rings. The number of hydrogen-bond acceptors (Lipinski definition) is 3. The lowest BCUT2D eigenvalue weighted by Crippen LogP contribution is -2.49. The molecule has 0 aromatic heterocycles. The summed E-state index contributed by atoms with van der Waals surface area (Å²) in [4.78, 5) is 25.1. The van der Waals surface area contributed by atoms with Crippen molar-refractivity contribution in [3.63, 3.8) is 0 Å². The Hall–Kier alpha value is -2.53. The molecule has 5 nitrogen and oxygen atoms in total. The van der Waals surface area contributed by atoms with E-state index in [0.717, 1.165) is 5.56 Å². The van der Waals surface area contributed by atoms with Crippen LogP contribution in [0.1, 0.15) is 36.7 Å². The third-order valence-corrected chi connectivity index (χ3v) is 4.25. The molecule has 0 aliphatic heterocycles. The number of halogens is 1. The summed E-state index contributed by atoms with van der Waals surface area (Å²) in [6.07, 6.45) is 0. The molecule has 0 fully saturated rings. The number of hydrogen-bond donors (Lipinski definition) is 2. The lowest BCUT2D eigenvalue weighted by Gasteiger charge is -2.22. The SMILES string of the molecule is CCOc1ccc(C(=O)NC(C(=O)NCc2cccc(Cl)c2)C(C)C)cc1. The molecule has 0 aliphatic rings. The average molecular weight is 389 g/mol. The van der Waals surface area contributed by atoms with Crippen LogP contribution in [0.4, 0.5) is 0 Å². The molecule has 2 rings (SSSR count). The number of benzene rings is 2. The van der Waals surface area contributed by atoms with Crippen molar-refractivity contribution in [1.82, 2.24) is 10.6 Å². The fraction of sp³-hybridized carbons (Fsp3) is 0.333. The first-order valence-corrected chi connectivity index (χ1v) is 9.34. The van der Waals surface area contributed by atoms with Crippen LogP contribution in [-0.2, 0) is 11.3 Å². The maximum atomic E-state index is 12.6. The second-order valence-electron chi connectivity index (χ2n) is 6.50. The Labute approximate surface area is 165 Å². The Morgan fingerprint density at radius 1 is 1.11 bits per heavy atom. The zero-order valence-electron chi connectivity index (χ0n) is 15.8. The van der Waals surface area contributed by atoms with Gasteiger partial charge in [-0.3, -0.25) is 9.59 Å². The number of nitrogens with one attached hydrogen (secondary N) is 2. The van der Waals surface area contributed by atoms with E-state index in [2.05, 4.69) is 10.6 Å². The van der Waals surface area contributed by atoms with E-state index in [1.165, 1.54) is 0 Å². The van der Waals surface area contributed by atoms with Gasteiger partial charge in [-0.25, -0.2) is 0 Å².